The fraction of sp³-hybridized carbons (Fsp3) is 0.571. The number of nitrogens with one attached hydrogen (secondary N) is 1. The highest BCUT2D eigenvalue weighted by Gasteiger charge is 2.38. The molecule has 0 spiro atoms. The number of carboxylic acids is 2. The minimum absolute atomic E-state index is 0.103. The van der Waals surface area contributed by atoms with E-state index in [4.69, 9.17) is 25.5 Å². The van der Waals surface area contributed by atoms with Crippen molar-refractivity contribution < 1.29 is 42.5 Å². The molecule has 1 aromatic rings. The molecule has 1 aliphatic heterocycles. The molecule has 1 aromatic carbocycles. The van der Waals surface area contributed by atoms with E-state index in [0.717, 1.165) is 34.4 Å². The quantitative estimate of drug-likeness (QED) is 0.510. The maximum Gasteiger partial charge on any atom is 0.490 e. The average molecular weight is 462 g/mol. The highest BCUT2D eigenvalue weighted by Crippen LogP contribution is 2.42. The first kappa shape index (κ1) is 27.2. The van der Waals surface area contributed by atoms with Crippen LogP contribution in [0.15, 0.2) is 0 Å². The van der Waals surface area contributed by atoms with Crippen molar-refractivity contribution in [2.24, 2.45) is 5.73 Å². The molecule has 0 unspecified atom stereocenters. The number of benzene rings is 1. The summed E-state index contributed by atoms with van der Waals surface area (Å²) in [7, 11) is 0. The van der Waals surface area contributed by atoms with Gasteiger partial charge in [0.15, 0.2) is 0 Å². The van der Waals surface area contributed by atoms with E-state index in [1.54, 1.807) is 0 Å². The van der Waals surface area contributed by atoms with E-state index in [1.807, 2.05) is 13.8 Å². The third-order valence-electron chi connectivity index (χ3n) is 5.22. The van der Waals surface area contributed by atoms with Gasteiger partial charge in [-0.25, -0.2) is 4.79 Å². The van der Waals surface area contributed by atoms with Crippen molar-refractivity contribution in [1.82, 2.24) is 5.32 Å². The summed E-state index contributed by atoms with van der Waals surface area (Å²) >= 11 is 0. The van der Waals surface area contributed by atoms with E-state index in [-0.39, 0.29) is 24.3 Å². The topological polar surface area (TPSA) is 139 Å². The van der Waals surface area contributed by atoms with E-state index in [2.05, 4.69) is 26.1 Å². The predicted octanol–water partition coefficient (Wildman–Crippen LogP) is 2.77. The van der Waals surface area contributed by atoms with Gasteiger partial charge in [0.2, 0.25) is 5.91 Å². The summed E-state index contributed by atoms with van der Waals surface area (Å²) in [6.07, 6.45) is -4.00. The van der Waals surface area contributed by atoms with Crippen LogP contribution in [-0.2, 0) is 27.3 Å². The first-order valence-corrected chi connectivity index (χ1v) is 9.83. The molecule has 0 fully saturated rings. The van der Waals surface area contributed by atoms with Gasteiger partial charge in [0.25, 0.3) is 0 Å². The van der Waals surface area contributed by atoms with Gasteiger partial charge in [0.05, 0.1) is 0 Å². The minimum Gasteiger partial charge on any atom is -0.487 e. The monoisotopic (exact) mass is 462 g/mol. The van der Waals surface area contributed by atoms with Crippen molar-refractivity contribution in [3.05, 3.63) is 27.8 Å². The average Bonchev–Trinajstić information content (AvgIpc) is 2.99. The Morgan fingerprint density at radius 1 is 1.12 bits per heavy atom. The molecule has 11 heteroatoms. The molecular weight excluding hydrogens is 433 g/mol. The van der Waals surface area contributed by atoms with E-state index < -0.39 is 24.2 Å². The summed E-state index contributed by atoms with van der Waals surface area (Å²) in [5, 5.41) is 18.8. The molecule has 1 aliphatic rings. The Bertz CT molecular complexity index is 897. The van der Waals surface area contributed by atoms with Gasteiger partial charge in [-0.2, -0.15) is 13.2 Å². The number of fused-ring (bicyclic) bond motifs is 1. The highest BCUT2D eigenvalue weighted by atomic mass is 19.4. The Morgan fingerprint density at radius 3 is 2.12 bits per heavy atom. The SMILES string of the molecule is Cc1c(C)c2c(c(C)c1CNC(=O)CC[C@H](N)C(=O)O)CC(C)(C)O2.O=C(O)C(F)(F)F. The lowest BCUT2D eigenvalue weighted by atomic mass is 9.89. The molecular formula is C21H29F3N2O6. The van der Waals surface area contributed by atoms with E-state index in [1.165, 1.54) is 5.56 Å². The Balaban J connectivity index is 0.000000633. The van der Waals surface area contributed by atoms with Crippen LogP contribution < -0.4 is 15.8 Å². The molecule has 180 valence electrons. The second-order valence-corrected chi connectivity index (χ2v) is 8.26. The number of rotatable bonds is 6. The van der Waals surface area contributed by atoms with Crippen LogP contribution in [-0.4, -0.2) is 45.9 Å². The fourth-order valence-corrected chi connectivity index (χ4v) is 3.30. The summed E-state index contributed by atoms with van der Waals surface area (Å²) in [6.45, 7) is 10.7. The van der Waals surface area contributed by atoms with Gasteiger partial charge in [-0.1, -0.05) is 0 Å². The number of carbonyl (C=O) groups is 3. The van der Waals surface area contributed by atoms with Crippen LogP contribution in [0.3, 0.4) is 0 Å². The van der Waals surface area contributed by atoms with Crippen LogP contribution in [0.1, 0.15) is 54.5 Å². The number of hydrogen-bond acceptors (Lipinski definition) is 5. The van der Waals surface area contributed by atoms with Crippen molar-refractivity contribution in [1.29, 1.82) is 0 Å². The summed E-state index contributed by atoms with van der Waals surface area (Å²) < 4.78 is 37.8. The maximum absolute atomic E-state index is 12.0. The standard InChI is InChI=1S/C19H28N2O4.C2HF3O2/c1-10-11(2)17-13(8-19(4,5)25-17)12(3)14(10)9-21-16(22)7-6-15(20)18(23)24;3-2(4,5)1(6)7/h15H,6-9,20H2,1-5H3,(H,21,22)(H,23,24);(H,6,7)/t15-;/m0./s1. The second kappa shape index (κ2) is 10.2. The van der Waals surface area contributed by atoms with Gasteiger partial charge in [0, 0.05) is 24.9 Å². The number of carbonyl (C=O) groups excluding carboxylic acids is 1. The lowest BCUT2D eigenvalue weighted by Crippen LogP contribution is -2.32. The summed E-state index contributed by atoms with van der Waals surface area (Å²) in [5.74, 6) is -3.06. The third kappa shape index (κ3) is 7.11. The van der Waals surface area contributed by atoms with Gasteiger partial charge in [0.1, 0.15) is 17.4 Å². The maximum atomic E-state index is 12.0. The molecule has 1 amide bonds. The number of carboxylic acid groups (broad SMARTS) is 2. The van der Waals surface area contributed by atoms with Gasteiger partial charge in [-0.05, 0) is 63.3 Å². The number of nitrogens with two attached hydrogens (primary N) is 1. The molecule has 5 N–H and O–H groups in total. The van der Waals surface area contributed by atoms with Gasteiger partial charge in [-0.3, -0.25) is 9.59 Å². The van der Waals surface area contributed by atoms with Crippen LogP contribution in [0.4, 0.5) is 13.2 Å². The highest BCUT2D eigenvalue weighted by molar-refractivity contribution is 5.78. The Hall–Kier alpha value is -2.82. The largest absolute Gasteiger partial charge is 0.490 e. The van der Waals surface area contributed by atoms with E-state index in [0.29, 0.717) is 6.54 Å². The number of alkyl halides is 3. The summed E-state index contributed by atoms with van der Waals surface area (Å²) in [4.78, 5) is 31.6. The van der Waals surface area contributed by atoms with Crippen LogP contribution in [0.2, 0.25) is 0 Å². The fourth-order valence-electron chi connectivity index (χ4n) is 3.30. The van der Waals surface area contributed by atoms with Crippen LogP contribution in [0.5, 0.6) is 5.75 Å². The number of aliphatic carboxylic acids is 2. The molecule has 0 saturated heterocycles. The van der Waals surface area contributed by atoms with Crippen molar-refractivity contribution >= 4 is 17.8 Å². The Labute approximate surface area is 183 Å². The molecule has 32 heavy (non-hydrogen) atoms. The molecule has 0 saturated carbocycles. The second-order valence-electron chi connectivity index (χ2n) is 8.26. The van der Waals surface area contributed by atoms with Crippen molar-refractivity contribution in [3.63, 3.8) is 0 Å². The van der Waals surface area contributed by atoms with Crippen LogP contribution in [0.25, 0.3) is 0 Å². The van der Waals surface area contributed by atoms with Crippen LogP contribution in [0, 0.1) is 20.8 Å². The summed E-state index contributed by atoms with van der Waals surface area (Å²) in [5.41, 5.74) is 10.9. The molecule has 0 bridgehead atoms. The number of hydrogen-bond donors (Lipinski definition) is 4. The third-order valence-corrected chi connectivity index (χ3v) is 5.22. The molecule has 1 heterocycles. The minimum atomic E-state index is -5.08. The lowest BCUT2D eigenvalue weighted by Gasteiger charge is -2.19. The zero-order valence-corrected chi connectivity index (χ0v) is 18.6. The zero-order chi connectivity index (χ0) is 25.0. The van der Waals surface area contributed by atoms with Gasteiger partial charge in [-0.15, -0.1) is 0 Å². The molecule has 2 rings (SSSR count). The first-order chi connectivity index (χ1) is 14.5. The van der Waals surface area contributed by atoms with E-state index >= 15 is 0 Å². The molecule has 0 aromatic heterocycles. The normalized spacial score (nSPS) is 15.0. The number of halogens is 3. The van der Waals surface area contributed by atoms with E-state index in [9.17, 15) is 22.8 Å². The molecule has 1 atom stereocenters. The molecule has 0 aliphatic carbocycles. The number of amides is 1. The molecule has 8 nitrogen and oxygen atoms in total. The van der Waals surface area contributed by atoms with Crippen molar-refractivity contribution in [3.8, 4) is 5.75 Å². The molecule has 0 radical (unpaired) electrons. The van der Waals surface area contributed by atoms with Crippen molar-refractivity contribution in [2.75, 3.05) is 0 Å². The Kier molecular flexibility index (Phi) is 8.67. The number of ether oxygens (including phenoxy) is 1. The summed E-state index contributed by atoms with van der Waals surface area (Å²) in [6, 6.07) is -1.00. The van der Waals surface area contributed by atoms with Gasteiger partial charge < -0.3 is 26.0 Å². The Morgan fingerprint density at radius 2 is 1.66 bits per heavy atom. The first-order valence-electron chi connectivity index (χ1n) is 9.83. The van der Waals surface area contributed by atoms with Crippen molar-refractivity contribution in [2.45, 2.75) is 78.2 Å². The van der Waals surface area contributed by atoms with Crippen LogP contribution >= 0.6 is 0 Å². The zero-order valence-electron chi connectivity index (χ0n) is 18.6. The smallest absolute Gasteiger partial charge is 0.487 e. The predicted molar refractivity (Wildman–Crippen MR) is 109 cm³/mol. The van der Waals surface area contributed by atoms with Gasteiger partial charge >= 0.3 is 18.1 Å². The lowest BCUT2D eigenvalue weighted by molar-refractivity contribution is -0.192.